The molecule has 5 nitrogen and oxygen atoms in total. The summed E-state index contributed by atoms with van der Waals surface area (Å²) in [5.41, 5.74) is 4.08. The van der Waals surface area contributed by atoms with Gasteiger partial charge in [0.2, 0.25) is 5.91 Å². The number of benzene rings is 1. The van der Waals surface area contributed by atoms with Crippen molar-refractivity contribution in [3.8, 4) is 5.75 Å². The van der Waals surface area contributed by atoms with Crippen molar-refractivity contribution in [1.29, 1.82) is 0 Å². The molecule has 2 atom stereocenters. The maximum Gasteiger partial charge on any atom is 0.221 e. The minimum atomic E-state index is -0.118. The summed E-state index contributed by atoms with van der Waals surface area (Å²) in [4.78, 5) is 17.4. The molecule has 28 heavy (non-hydrogen) atoms. The Morgan fingerprint density at radius 1 is 1.21 bits per heavy atom. The molecular weight excluding hydrogens is 350 g/mol. The van der Waals surface area contributed by atoms with Gasteiger partial charge in [-0.05, 0) is 55.2 Å². The van der Waals surface area contributed by atoms with E-state index >= 15 is 0 Å². The van der Waals surface area contributed by atoms with Crippen LogP contribution in [-0.2, 0) is 4.79 Å². The van der Waals surface area contributed by atoms with Crippen LogP contribution < -0.4 is 10.1 Å². The zero-order valence-electron chi connectivity index (χ0n) is 17.3. The van der Waals surface area contributed by atoms with Crippen LogP contribution >= 0.6 is 0 Å². The zero-order chi connectivity index (χ0) is 20.3. The fourth-order valence-electron chi connectivity index (χ4n) is 3.28. The van der Waals surface area contributed by atoms with Crippen LogP contribution in [0.3, 0.4) is 0 Å². The molecular formula is C23H29N3O2. The van der Waals surface area contributed by atoms with Crippen molar-refractivity contribution >= 4 is 11.6 Å². The van der Waals surface area contributed by atoms with E-state index < -0.39 is 0 Å². The van der Waals surface area contributed by atoms with Crippen molar-refractivity contribution in [2.75, 3.05) is 7.11 Å². The van der Waals surface area contributed by atoms with E-state index in [9.17, 15) is 4.79 Å². The summed E-state index contributed by atoms with van der Waals surface area (Å²) in [5.74, 6) is 1.09. The van der Waals surface area contributed by atoms with E-state index in [0.717, 1.165) is 28.2 Å². The fourth-order valence-corrected chi connectivity index (χ4v) is 3.28. The molecule has 0 bridgehead atoms. The summed E-state index contributed by atoms with van der Waals surface area (Å²) >= 11 is 0. The minimum Gasteiger partial charge on any atom is -0.497 e. The van der Waals surface area contributed by atoms with E-state index in [0.29, 0.717) is 12.3 Å². The lowest BCUT2D eigenvalue weighted by molar-refractivity contribution is -0.122. The summed E-state index contributed by atoms with van der Waals surface area (Å²) in [6.07, 6.45) is 4.25. The maximum absolute atomic E-state index is 12.8. The van der Waals surface area contributed by atoms with Gasteiger partial charge >= 0.3 is 0 Å². The highest BCUT2D eigenvalue weighted by Crippen LogP contribution is 2.31. The molecule has 0 fully saturated rings. The Kier molecular flexibility index (Phi) is 6.02. The van der Waals surface area contributed by atoms with Gasteiger partial charge in [-0.2, -0.15) is 0 Å². The number of rotatable bonds is 7. The third-order valence-corrected chi connectivity index (χ3v) is 5.33. The number of aromatic nitrogens is 2. The summed E-state index contributed by atoms with van der Waals surface area (Å²) in [6.45, 7) is 8.31. The molecule has 0 radical (unpaired) electrons. The van der Waals surface area contributed by atoms with Gasteiger partial charge in [-0.3, -0.25) is 4.79 Å². The molecule has 1 N–H and O–H groups in total. The second-order valence-corrected chi connectivity index (χ2v) is 7.75. The standard InChI is InChI=1S/C23H29N3O2/c1-15(2)17(4)25-23(27)13-20(18-7-6-8-19(12-18)28-5)21-14-24-22-11-16(3)9-10-26(21)22/h6-12,14-15,17,20H,13H2,1-5H3,(H,25,27). The SMILES string of the molecule is COc1cccc(C(CC(=O)NC(C)C(C)C)c2cnc3cc(C)ccn23)c1. The Labute approximate surface area is 166 Å². The van der Waals surface area contributed by atoms with E-state index in [1.165, 1.54) is 0 Å². The smallest absolute Gasteiger partial charge is 0.221 e. The van der Waals surface area contributed by atoms with Gasteiger partial charge < -0.3 is 14.5 Å². The Balaban J connectivity index is 1.99. The number of hydrogen-bond donors (Lipinski definition) is 1. The summed E-state index contributed by atoms with van der Waals surface area (Å²) in [5, 5.41) is 3.13. The second kappa shape index (κ2) is 8.46. The molecule has 5 heteroatoms. The van der Waals surface area contributed by atoms with Gasteiger partial charge in [0.15, 0.2) is 0 Å². The van der Waals surface area contributed by atoms with Crippen LogP contribution in [0.5, 0.6) is 5.75 Å². The number of pyridine rings is 1. The molecule has 148 valence electrons. The average Bonchev–Trinajstić information content (AvgIpc) is 3.08. The lowest BCUT2D eigenvalue weighted by Crippen LogP contribution is -2.36. The molecule has 2 heterocycles. The highest BCUT2D eigenvalue weighted by atomic mass is 16.5. The van der Waals surface area contributed by atoms with Gasteiger partial charge in [0, 0.05) is 30.8 Å². The van der Waals surface area contributed by atoms with Crippen molar-refractivity contribution in [3.63, 3.8) is 0 Å². The Hall–Kier alpha value is -2.82. The van der Waals surface area contributed by atoms with Crippen molar-refractivity contribution in [2.24, 2.45) is 5.92 Å². The van der Waals surface area contributed by atoms with Crippen molar-refractivity contribution < 1.29 is 9.53 Å². The third kappa shape index (κ3) is 4.35. The number of imidazole rings is 1. The molecule has 3 aromatic rings. The monoisotopic (exact) mass is 379 g/mol. The number of carbonyl (C=O) groups excluding carboxylic acids is 1. The first kappa shape index (κ1) is 19.9. The van der Waals surface area contributed by atoms with Crippen LogP contribution in [0.2, 0.25) is 0 Å². The van der Waals surface area contributed by atoms with Crippen molar-refractivity contribution in [2.45, 2.75) is 46.1 Å². The van der Waals surface area contributed by atoms with Crippen LogP contribution in [-0.4, -0.2) is 28.4 Å². The number of aryl methyl sites for hydroxylation is 1. The van der Waals surface area contributed by atoms with E-state index in [2.05, 4.69) is 41.5 Å². The van der Waals surface area contributed by atoms with E-state index in [-0.39, 0.29) is 17.9 Å². The number of carbonyl (C=O) groups is 1. The Morgan fingerprint density at radius 2 is 2.00 bits per heavy atom. The largest absolute Gasteiger partial charge is 0.497 e. The second-order valence-electron chi connectivity index (χ2n) is 7.75. The van der Waals surface area contributed by atoms with Crippen LogP contribution in [0.25, 0.3) is 5.65 Å². The molecule has 0 aliphatic rings. The van der Waals surface area contributed by atoms with Gasteiger partial charge in [-0.1, -0.05) is 26.0 Å². The molecule has 1 aromatic carbocycles. The third-order valence-electron chi connectivity index (χ3n) is 5.33. The van der Waals surface area contributed by atoms with E-state index in [1.807, 2.05) is 49.6 Å². The highest BCUT2D eigenvalue weighted by Gasteiger charge is 2.23. The molecule has 0 spiro atoms. The highest BCUT2D eigenvalue weighted by molar-refractivity contribution is 5.78. The van der Waals surface area contributed by atoms with Gasteiger partial charge in [0.05, 0.1) is 12.8 Å². The van der Waals surface area contributed by atoms with Crippen LogP contribution in [0.4, 0.5) is 0 Å². The maximum atomic E-state index is 12.8. The summed E-state index contributed by atoms with van der Waals surface area (Å²) < 4.78 is 7.47. The first-order valence-corrected chi connectivity index (χ1v) is 9.76. The van der Waals surface area contributed by atoms with Crippen molar-refractivity contribution in [3.05, 3.63) is 65.6 Å². The van der Waals surface area contributed by atoms with Crippen LogP contribution in [0.1, 0.15) is 49.9 Å². The molecule has 0 aliphatic heterocycles. The molecule has 3 rings (SSSR count). The normalized spacial score (nSPS) is 13.5. The number of methoxy groups -OCH3 is 1. The van der Waals surface area contributed by atoms with E-state index in [4.69, 9.17) is 4.74 Å². The molecule has 0 saturated heterocycles. The number of nitrogens with zero attached hydrogens (tertiary/aromatic N) is 2. The predicted molar refractivity (Wildman–Crippen MR) is 112 cm³/mol. The topological polar surface area (TPSA) is 55.6 Å². The number of nitrogens with one attached hydrogen (secondary N) is 1. The first-order chi connectivity index (χ1) is 13.4. The summed E-state index contributed by atoms with van der Waals surface area (Å²) in [6, 6.07) is 12.2. The molecule has 0 saturated carbocycles. The molecule has 0 aliphatic carbocycles. The number of amides is 1. The summed E-state index contributed by atoms with van der Waals surface area (Å²) in [7, 11) is 1.65. The molecule has 1 amide bonds. The number of ether oxygens (including phenoxy) is 1. The van der Waals surface area contributed by atoms with Crippen molar-refractivity contribution in [1.82, 2.24) is 14.7 Å². The minimum absolute atomic E-state index is 0.0380. The van der Waals surface area contributed by atoms with E-state index in [1.54, 1.807) is 7.11 Å². The predicted octanol–water partition coefficient (Wildman–Crippen LogP) is 4.33. The van der Waals surface area contributed by atoms with Gasteiger partial charge in [-0.25, -0.2) is 4.98 Å². The van der Waals surface area contributed by atoms with Gasteiger partial charge in [0.25, 0.3) is 0 Å². The Bertz CT molecular complexity index is 961. The lowest BCUT2D eigenvalue weighted by atomic mass is 9.91. The molecule has 2 aromatic heterocycles. The van der Waals surface area contributed by atoms with Crippen LogP contribution in [0, 0.1) is 12.8 Å². The average molecular weight is 380 g/mol. The van der Waals surface area contributed by atoms with Gasteiger partial charge in [-0.15, -0.1) is 0 Å². The molecule has 2 unspecified atom stereocenters. The van der Waals surface area contributed by atoms with Crippen LogP contribution in [0.15, 0.2) is 48.8 Å². The Morgan fingerprint density at radius 3 is 2.71 bits per heavy atom. The number of hydrogen-bond acceptors (Lipinski definition) is 3. The van der Waals surface area contributed by atoms with Gasteiger partial charge in [0.1, 0.15) is 11.4 Å². The quantitative estimate of drug-likeness (QED) is 0.665. The first-order valence-electron chi connectivity index (χ1n) is 9.76. The fraction of sp³-hybridized carbons (Fsp3) is 0.391. The number of fused-ring (bicyclic) bond motifs is 1. The lowest BCUT2D eigenvalue weighted by Gasteiger charge is -2.21. The zero-order valence-corrected chi connectivity index (χ0v) is 17.3.